The zero-order valence-electron chi connectivity index (χ0n) is 6.89. The maximum atomic E-state index is 12.3. The number of alkyl halides is 2. The van der Waals surface area contributed by atoms with Crippen molar-refractivity contribution in [1.82, 2.24) is 0 Å². The smallest absolute Gasteiger partial charge is 0.263 e. The first kappa shape index (κ1) is 8.29. The predicted molar refractivity (Wildman–Crippen MR) is 45.4 cm³/mol. The predicted octanol–water partition coefficient (Wildman–Crippen LogP) is 2.43. The van der Waals surface area contributed by atoms with Crippen LogP contribution in [-0.4, -0.2) is 13.2 Å². The van der Waals surface area contributed by atoms with Crippen molar-refractivity contribution in [3.05, 3.63) is 23.8 Å². The van der Waals surface area contributed by atoms with Gasteiger partial charge in [0.05, 0.1) is 5.69 Å². The molecule has 0 radical (unpaired) electrons. The van der Waals surface area contributed by atoms with Gasteiger partial charge >= 0.3 is 0 Å². The van der Waals surface area contributed by atoms with Crippen LogP contribution >= 0.6 is 0 Å². The molecular formula is C9H9F2NO. The van der Waals surface area contributed by atoms with E-state index < -0.39 is 6.43 Å². The zero-order valence-corrected chi connectivity index (χ0v) is 6.89. The highest BCUT2D eigenvalue weighted by molar-refractivity contribution is 5.59. The Morgan fingerprint density at radius 1 is 1.38 bits per heavy atom. The minimum absolute atomic E-state index is 0.0248. The summed E-state index contributed by atoms with van der Waals surface area (Å²) in [5, 5.41) is 3.00. The topological polar surface area (TPSA) is 21.3 Å². The molecule has 0 unspecified atom stereocenters. The Balaban J connectivity index is 2.35. The summed E-state index contributed by atoms with van der Waals surface area (Å²) < 4.78 is 29.8. The maximum absolute atomic E-state index is 12.3. The lowest BCUT2D eigenvalue weighted by Gasteiger charge is -2.19. The van der Waals surface area contributed by atoms with E-state index in [1.54, 1.807) is 6.07 Å². The molecule has 1 aromatic carbocycles. The van der Waals surface area contributed by atoms with Gasteiger partial charge in [-0.3, -0.25) is 0 Å². The Kier molecular flexibility index (Phi) is 2.04. The van der Waals surface area contributed by atoms with Gasteiger partial charge in [0.1, 0.15) is 12.4 Å². The van der Waals surface area contributed by atoms with Gasteiger partial charge in [-0.1, -0.05) is 0 Å². The summed E-state index contributed by atoms with van der Waals surface area (Å²) in [5.41, 5.74) is 0.681. The van der Waals surface area contributed by atoms with Crippen LogP contribution in [0.2, 0.25) is 0 Å². The van der Waals surface area contributed by atoms with E-state index in [-0.39, 0.29) is 5.56 Å². The molecule has 0 bridgehead atoms. The molecule has 1 aliphatic heterocycles. The van der Waals surface area contributed by atoms with E-state index in [4.69, 9.17) is 4.74 Å². The number of fused-ring (bicyclic) bond motifs is 1. The minimum Gasteiger partial charge on any atom is -0.490 e. The maximum Gasteiger partial charge on any atom is 0.263 e. The molecule has 1 N–H and O–H groups in total. The molecule has 0 atom stereocenters. The molecule has 1 heterocycles. The average molecular weight is 185 g/mol. The molecule has 0 aromatic heterocycles. The number of rotatable bonds is 1. The Bertz CT molecular complexity index is 314. The molecule has 70 valence electrons. The van der Waals surface area contributed by atoms with Gasteiger partial charge in [-0.25, -0.2) is 8.78 Å². The van der Waals surface area contributed by atoms with E-state index in [2.05, 4.69) is 5.32 Å². The molecule has 13 heavy (non-hydrogen) atoms. The van der Waals surface area contributed by atoms with Crippen molar-refractivity contribution in [1.29, 1.82) is 0 Å². The number of benzene rings is 1. The first-order valence-electron chi connectivity index (χ1n) is 4.06. The highest BCUT2D eigenvalue weighted by atomic mass is 19.3. The van der Waals surface area contributed by atoms with Gasteiger partial charge < -0.3 is 10.1 Å². The standard InChI is InChI=1S/C9H9F2NO/c10-9(11)6-1-2-8-7(5-6)12-3-4-13-8/h1-2,5,9,12H,3-4H2. The molecule has 1 aromatic rings. The molecule has 0 spiro atoms. The summed E-state index contributed by atoms with van der Waals surface area (Å²) in [7, 11) is 0. The van der Waals surface area contributed by atoms with Crippen LogP contribution < -0.4 is 10.1 Å². The number of halogens is 2. The van der Waals surface area contributed by atoms with Crippen LogP contribution in [0.3, 0.4) is 0 Å². The van der Waals surface area contributed by atoms with Crippen molar-refractivity contribution in [3.63, 3.8) is 0 Å². The van der Waals surface area contributed by atoms with Gasteiger partial charge in [0, 0.05) is 12.1 Å². The summed E-state index contributed by atoms with van der Waals surface area (Å²) >= 11 is 0. The summed E-state index contributed by atoms with van der Waals surface area (Å²) in [4.78, 5) is 0. The van der Waals surface area contributed by atoms with E-state index in [1.165, 1.54) is 12.1 Å². The van der Waals surface area contributed by atoms with Crippen LogP contribution in [0.1, 0.15) is 12.0 Å². The van der Waals surface area contributed by atoms with Crippen molar-refractivity contribution < 1.29 is 13.5 Å². The fraction of sp³-hybridized carbons (Fsp3) is 0.333. The lowest BCUT2D eigenvalue weighted by molar-refractivity contribution is 0.151. The normalized spacial score (nSPS) is 14.7. The van der Waals surface area contributed by atoms with Gasteiger partial charge in [0.25, 0.3) is 6.43 Å². The van der Waals surface area contributed by atoms with E-state index in [0.29, 0.717) is 24.6 Å². The summed E-state index contributed by atoms with van der Waals surface area (Å²) in [5.74, 6) is 0.649. The van der Waals surface area contributed by atoms with Crippen molar-refractivity contribution in [2.45, 2.75) is 6.43 Å². The molecule has 0 saturated heterocycles. The lowest BCUT2D eigenvalue weighted by atomic mass is 10.2. The summed E-state index contributed by atoms with van der Waals surface area (Å²) in [6.07, 6.45) is -2.42. The van der Waals surface area contributed by atoms with Crippen LogP contribution in [-0.2, 0) is 0 Å². The number of anilines is 1. The minimum atomic E-state index is -2.42. The SMILES string of the molecule is FC(F)c1ccc2c(c1)NCCO2. The molecule has 0 aliphatic carbocycles. The Labute approximate surface area is 74.5 Å². The second-order valence-electron chi connectivity index (χ2n) is 2.83. The molecule has 0 amide bonds. The summed E-state index contributed by atoms with van der Waals surface area (Å²) in [6.45, 7) is 1.25. The second kappa shape index (κ2) is 3.20. The highest BCUT2D eigenvalue weighted by Gasteiger charge is 2.13. The molecule has 2 rings (SSSR count). The molecule has 0 saturated carbocycles. The fourth-order valence-electron chi connectivity index (χ4n) is 1.29. The Morgan fingerprint density at radius 2 is 2.23 bits per heavy atom. The highest BCUT2D eigenvalue weighted by Crippen LogP contribution is 2.31. The number of ether oxygens (including phenoxy) is 1. The van der Waals surface area contributed by atoms with Gasteiger partial charge in [-0.2, -0.15) is 0 Å². The fourth-order valence-corrected chi connectivity index (χ4v) is 1.29. The largest absolute Gasteiger partial charge is 0.490 e. The Morgan fingerprint density at radius 3 is 3.00 bits per heavy atom. The van der Waals surface area contributed by atoms with Gasteiger partial charge in [-0.05, 0) is 18.2 Å². The van der Waals surface area contributed by atoms with E-state index >= 15 is 0 Å². The molecule has 4 heteroatoms. The number of hydrogen-bond donors (Lipinski definition) is 1. The number of nitrogens with one attached hydrogen (secondary N) is 1. The van der Waals surface area contributed by atoms with Crippen molar-refractivity contribution in [2.75, 3.05) is 18.5 Å². The average Bonchev–Trinajstić information content (AvgIpc) is 2.17. The van der Waals surface area contributed by atoms with Crippen LogP contribution in [0.5, 0.6) is 5.75 Å². The first-order chi connectivity index (χ1) is 6.27. The second-order valence-corrected chi connectivity index (χ2v) is 2.83. The first-order valence-corrected chi connectivity index (χ1v) is 4.06. The van der Waals surface area contributed by atoms with Crippen LogP contribution in [0.15, 0.2) is 18.2 Å². The van der Waals surface area contributed by atoms with Crippen LogP contribution in [0.4, 0.5) is 14.5 Å². The van der Waals surface area contributed by atoms with Crippen molar-refractivity contribution in [2.24, 2.45) is 0 Å². The van der Waals surface area contributed by atoms with Gasteiger partial charge in [0.15, 0.2) is 0 Å². The van der Waals surface area contributed by atoms with Crippen molar-refractivity contribution >= 4 is 5.69 Å². The monoisotopic (exact) mass is 185 g/mol. The third-order valence-corrected chi connectivity index (χ3v) is 1.93. The Hall–Kier alpha value is -1.32. The van der Waals surface area contributed by atoms with Gasteiger partial charge in [0.2, 0.25) is 0 Å². The molecule has 0 fully saturated rings. The van der Waals surface area contributed by atoms with Gasteiger partial charge in [-0.15, -0.1) is 0 Å². The summed E-state index contributed by atoms with van der Waals surface area (Å²) in [6, 6.07) is 4.39. The van der Waals surface area contributed by atoms with E-state index in [0.717, 1.165) is 0 Å². The molecule has 1 aliphatic rings. The van der Waals surface area contributed by atoms with Crippen LogP contribution in [0.25, 0.3) is 0 Å². The third kappa shape index (κ3) is 1.56. The third-order valence-electron chi connectivity index (χ3n) is 1.93. The zero-order chi connectivity index (χ0) is 9.26. The van der Waals surface area contributed by atoms with E-state index in [1.807, 2.05) is 0 Å². The van der Waals surface area contributed by atoms with E-state index in [9.17, 15) is 8.78 Å². The number of hydrogen-bond acceptors (Lipinski definition) is 2. The van der Waals surface area contributed by atoms with Crippen LogP contribution in [0, 0.1) is 0 Å². The lowest BCUT2D eigenvalue weighted by Crippen LogP contribution is -2.18. The van der Waals surface area contributed by atoms with Crippen molar-refractivity contribution in [3.8, 4) is 5.75 Å². The quantitative estimate of drug-likeness (QED) is 0.725. The molecular weight excluding hydrogens is 176 g/mol. The molecule has 2 nitrogen and oxygen atoms in total.